The minimum absolute atomic E-state index is 0.539. The van der Waals surface area contributed by atoms with Crippen LogP contribution in [0, 0.1) is 0 Å². The predicted molar refractivity (Wildman–Crippen MR) is 286 cm³/mol. The van der Waals surface area contributed by atoms with E-state index in [1.807, 2.05) is 12.1 Å². The van der Waals surface area contributed by atoms with E-state index in [9.17, 15) is 0 Å². The molecule has 0 N–H and O–H groups in total. The van der Waals surface area contributed by atoms with Crippen molar-refractivity contribution >= 4 is 87.4 Å². The molecule has 326 valence electrons. The lowest BCUT2D eigenvalue weighted by Crippen LogP contribution is -2.06. The number of benzene rings is 10. The number of furan rings is 1. The van der Waals surface area contributed by atoms with Gasteiger partial charge in [-0.25, -0.2) is 4.98 Å². The number of rotatable bonds is 6. The summed E-state index contributed by atoms with van der Waals surface area (Å²) in [4.78, 5) is 15.9. The lowest BCUT2D eigenvalue weighted by atomic mass is 9.99. The second kappa shape index (κ2) is 15.0. The van der Waals surface area contributed by atoms with Crippen molar-refractivity contribution in [3.63, 3.8) is 0 Å². The Morgan fingerprint density at radius 2 is 0.843 bits per heavy atom. The number of hydrogen-bond donors (Lipinski definition) is 0. The number of nitrogens with zero attached hydrogens (tertiary/aromatic N) is 6. The van der Waals surface area contributed by atoms with Crippen LogP contribution in [0.3, 0.4) is 0 Å². The zero-order valence-electron chi connectivity index (χ0n) is 37.5. The molecule has 0 atom stereocenters. The molecule has 0 radical (unpaired) electrons. The average Bonchev–Trinajstić information content (AvgIpc) is 4.17. The first-order valence-corrected chi connectivity index (χ1v) is 23.6. The predicted octanol–water partition coefficient (Wildman–Crippen LogP) is 16.1. The Bertz CT molecular complexity index is 4530. The highest BCUT2D eigenvalue weighted by atomic mass is 16.3. The normalized spacial score (nSPS) is 12.0. The topological polar surface area (TPSA) is 66.6 Å². The zero-order chi connectivity index (χ0) is 45.9. The first-order valence-electron chi connectivity index (χ1n) is 23.6. The molecule has 15 aromatic rings. The Labute approximate surface area is 400 Å². The van der Waals surface area contributed by atoms with Crippen molar-refractivity contribution in [3.05, 3.63) is 231 Å². The lowest BCUT2D eigenvalue weighted by Gasteiger charge is -2.12. The summed E-state index contributed by atoms with van der Waals surface area (Å²) in [6.45, 7) is 0. The highest BCUT2D eigenvalue weighted by Crippen LogP contribution is 2.43. The lowest BCUT2D eigenvalue weighted by molar-refractivity contribution is 0.669. The summed E-state index contributed by atoms with van der Waals surface area (Å²) in [5, 5.41) is 9.23. The van der Waals surface area contributed by atoms with Crippen molar-refractivity contribution in [1.29, 1.82) is 0 Å². The maximum atomic E-state index is 6.61. The van der Waals surface area contributed by atoms with E-state index < -0.39 is 0 Å². The Morgan fingerprint density at radius 3 is 1.54 bits per heavy atom. The molecule has 0 spiro atoms. The highest BCUT2D eigenvalue weighted by Gasteiger charge is 2.23. The second-order valence-corrected chi connectivity index (χ2v) is 18.0. The molecular weight excluding hydrogens is 857 g/mol. The molecule has 0 aliphatic carbocycles. The molecule has 0 fully saturated rings. The molecule has 5 heterocycles. The van der Waals surface area contributed by atoms with Crippen LogP contribution in [0.15, 0.2) is 235 Å². The molecular formula is C63H38N6O. The van der Waals surface area contributed by atoms with E-state index >= 15 is 0 Å². The van der Waals surface area contributed by atoms with Crippen LogP contribution in [0.25, 0.3) is 139 Å². The average molecular weight is 895 g/mol. The van der Waals surface area contributed by atoms with Crippen LogP contribution in [0.4, 0.5) is 0 Å². The van der Waals surface area contributed by atoms with Gasteiger partial charge in [0.05, 0.1) is 33.1 Å². The van der Waals surface area contributed by atoms with Gasteiger partial charge >= 0.3 is 0 Å². The molecule has 7 heteroatoms. The van der Waals surface area contributed by atoms with E-state index in [-0.39, 0.29) is 0 Å². The maximum absolute atomic E-state index is 6.61. The number of hydrogen-bond acceptors (Lipinski definition) is 4. The van der Waals surface area contributed by atoms with Crippen LogP contribution in [0.2, 0.25) is 0 Å². The minimum atomic E-state index is 0.539. The van der Waals surface area contributed by atoms with Gasteiger partial charge in [0.15, 0.2) is 11.6 Å². The molecule has 0 aliphatic heterocycles. The van der Waals surface area contributed by atoms with Gasteiger partial charge in [0.25, 0.3) is 0 Å². The molecule has 15 rings (SSSR count). The molecule has 10 aromatic carbocycles. The Kier molecular flexibility index (Phi) is 8.23. The summed E-state index contributed by atoms with van der Waals surface area (Å²) in [6, 6.07) is 81.3. The van der Waals surface area contributed by atoms with Gasteiger partial charge in [-0.3, -0.25) is 4.57 Å². The Morgan fingerprint density at radius 1 is 0.300 bits per heavy atom. The van der Waals surface area contributed by atoms with Gasteiger partial charge in [-0.2, -0.15) is 9.97 Å². The Balaban J connectivity index is 0.932. The fourth-order valence-corrected chi connectivity index (χ4v) is 11.1. The van der Waals surface area contributed by atoms with Crippen molar-refractivity contribution < 1.29 is 4.42 Å². The Hall–Kier alpha value is -9.59. The van der Waals surface area contributed by atoms with Crippen LogP contribution in [-0.4, -0.2) is 28.7 Å². The first kappa shape index (κ1) is 38.5. The summed E-state index contributed by atoms with van der Waals surface area (Å²) >= 11 is 0. The minimum Gasteiger partial charge on any atom is -0.456 e. The van der Waals surface area contributed by atoms with E-state index in [0.717, 1.165) is 88.4 Å². The number of aromatic nitrogens is 6. The van der Waals surface area contributed by atoms with Crippen molar-refractivity contribution in [2.24, 2.45) is 0 Å². The molecule has 0 amide bonds. The van der Waals surface area contributed by atoms with Crippen LogP contribution >= 0.6 is 0 Å². The third-order valence-corrected chi connectivity index (χ3v) is 14.1. The molecule has 0 bridgehead atoms. The quantitative estimate of drug-likeness (QED) is 0.167. The fraction of sp³-hybridized carbons (Fsp3) is 0. The summed E-state index contributed by atoms with van der Waals surface area (Å²) in [5.74, 6) is 1.66. The first-order chi connectivity index (χ1) is 34.7. The van der Waals surface area contributed by atoms with E-state index in [2.05, 4.69) is 232 Å². The standard InChI is InChI=1S/C63H38N6O/c1-3-16-39(17-4-1)44-24-15-29-56-58(44)50-35-32-41(38-57(50)70-56)62-64-61(65-63(66-62)69-52-26-12-7-20-45(52)46-21-8-13-27-53(46)69)40-30-33-43(34-31-40)68-51-25-11-9-22-47(51)48-36-37-55-59(60(48)68)49-23-10-14-28-54(49)67(55)42-18-5-2-6-19-42/h1-38H. The molecule has 70 heavy (non-hydrogen) atoms. The summed E-state index contributed by atoms with van der Waals surface area (Å²) in [7, 11) is 0. The van der Waals surface area contributed by atoms with Gasteiger partial charge < -0.3 is 13.6 Å². The van der Waals surface area contributed by atoms with Crippen LogP contribution in [0.1, 0.15) is 0 Å². The third-order valence-electron chi connectivity index (χ3n) is 14.1. The molecule has 5 aromatic heterocycles. The monoisotopic (exact) mass is 894 g/mol. The van der Waals surface area contributed by atoms with E-state index in [4.69, 9.17) is 19.4 Å². The zero-order valence-corrected chi connectivity index (χ0v) is 37.5. The number of fused-ring (bicyclic) bond motifs is 13. The van der Waals surface area contributed by atoms with Crippen LogP contribution in [0.5, 0.6) is 0 Å². The third kappa shape index (κ3) is 5.66. The SMILES string of the molecule is c1ccc(-c2cccc3oc4cc(-c5nc(-c6ccc(-n7c8ccccc8c8ccc9c(c%10ccccc%10n9-c9ccccc9)c87)cc6)nc(-n6c7ccccc7c7ccccc76)n5)ccc4c23)cc1. The maximum Gasteiger partial charge on any atom is 0.238 e. The smallest absolute Gasteiger partial charge is 0.238 e. The van der Waals surface area contributed by atoms with Gasteiger partial charge in [0.2, 0.25) is 5.95 Å². The van der Waals surface area contributed by atoms with E-state index in [1.54, 1.807) is 0 Å². The number of para-hydroxylation sites is 5. The summed E-state index contributed by atoms with van der Waals surface area (Å²) < 4.78 is 13.6. The largest absolute Gasteiger partial charge is 0.456 e. The van der Waals surface area contributed by atoms with E-state index in [1.165, 1.54) is 32.6 Å². The van der Waals surface area contributed by atoms with Gasteiger partial charge in [-0.1, -0.05) is 146 Å². The van der Waals surface area contributed by atoms with Crippen LogP contribution < -0.4 is 0 Å². The van der Waals surface area contributed by atoms with Gasteiger partial charge in [-0.15, -0.1) is 0 Å². The molecule has 0 aliphatic rings. The van der Waals surface area contributed by atoms with Crippen molar-refractivity contribution in [3.8, 4) is 51.2 Å². The molecule has 7 nitrogen and oxygen atoms in total. The second-order valence-electron chi connectivity index (χ2n) is 18.0. The molecule has 0 saturated carbocycles. The highest BCUT2D eigenvalue weighted by molar-refractivity contribution is 6.26. The van der Waals surface area contributed by atoms with Gasteiger partial charge in [0, 0.05) is 65.6 Å². The molecule has 0 unspecified atom stereocenters. The molecule has 0 saturated heterocycles. The van der Waals surface area contributed by atoms with Gasteiger partial charge in [-0.05, 0) is 96.1 Å². The summed E-state index contributed by atoms with van der Waals surface area (Å²) in [6.07, 6.45) is 0. The van der Waals surface area contributed by atoms with Crippen molar-refractivity contribution in [2.45, 2.75) is 0 Å². The van der Waals surface area contributed by atoms with Crippen molar-refractivity contribution in [1.82, 2.24) is 28.7 Å². The van der Waals surface area contributed by atoms with Crippen LogP contribution in [-0.2, 0) is 0 Å². The van der Waals surface area contributed by atoms with Crippen molar-refractivity contribution in [2.75, 3.05) is 0 Å². The van der Waals surface area contributed by atoms with Gasteiger partial charge in [0.1, 0.15) is 11.2 Å². The summed E-state index contributed by atoms with van der Waals surface area (Å²) in [5.41, 5.74) is 14.5. The van der Waals surface area contributed by atoms with E-state index in [0.29, 0.717) is 17.6 Å². The fourth-order valence-electron chi connectivity index (χ4n) is 11.1.